The van der Waals surface area contributed by atoms with Crippen LogP contribution in [-0.4, -0.2) is 44.3 Å². The van der Waals surface area contributed by atoms with Crippen LogP contribution in [0, 0.1) is 5.92 Å². The lowest BCUT2D eigenvalue weighted by Gasteiger charge is -2.29. The van der Waals surface area contributed by atoms with E-state index in [1.165, 1.54) is 14.2 Å². The van der Waals surface area contributed by atoms with Crippen molar-refractivity contribution in [1.29, 1.82) is 0 Å². The summed E-state index contributed by atoms with van der Waals surface area (Å²) < 4.78 is 9.41. The second-order valence-electron chi connectivity index (χ2n) is 5.37. The molecule has 128 valence electrons. The van der Waals surface area contributed by atoms with E-state index in [1.807, 2.05) is 18.2 Å². The molecule has 0 bridgehead atoms. The van der Waals surface area contributed by atoms with Crippen molar-refractivity contribution in [1.82, 2.24) is 5.32 Å². The minimum absolute atomic E-state index is 0.0695. The van der Waals surface area contributed by atoms with Crippen LogP contribution >= 0.6 is 0 Å². The third kappa shape index (κ3) is 3.76. The molecule has 0 aliphatic carbocycles. The van der Waals surface area contributed by atoms with Crippen LogP contribution in [0.2, 0.25) is 0 Å². The first kappa shape index (κ1) is 17.6. The van der Waals surface area contributed by atoms with E-state index in [-0.39, 0.29) is 19.4 Å². The van der Waals surface area contributed by atoms with E-state index < -0.39 is 29.4 Å². The molecule has 1 aliphatic heterocycles. The highest BCUT2D eigenvalue weighted by molar-refractivity contribution is 5.89. The van der Waals surface area contributed by atoms with E-state index in [2.05, 4.69) is 20.3 Å². The van der Waals surface area contributed by atoms with Crippen molar-refractivity contribution < 1.29 is 23.9 Å². The van der Waals surface area contributed by atoms with Gasteiger partial charge in [0.15, 0.2) is 0 Å². The van der Waals surface area contributed by atoms with Crippen LogP contribution in [0.15, 0.2) is 40.6 Å². The summed E-state index contributed by atoms with van der Waals surface area (Å²) in [5.41, 5.74) is -0.913. The Morgan fingerprint density at radius 2 is 1.92 bits per heavy atom. The maximum atomic E-state index is 12.4. The van der Waals surface area contributed by atoms with Gasteiger partial charge in [-0.25, -0.2) is 4.79 Å². The average molecular weight is 333 g/mol. The second kappa shape index (κ2) is 7.67. The number of esters is 2. The van der Waals surface area contributed by atoms with Crippen molar-refractivity contribution in [2.75, 3.05) is 20.8 Å². The van der Waals surface area contributed by atoms with Crippen LogP contribution in [0.5, 0.6) is 0 Å². The van der Waals surface area contributed by atoms with Gasteiger partial charge in [-0.2, -0.15) is 10.2 Å². The van der Waals surface area contributed by atoms with Gasteiger partial charge in [0.25, 0.3) is 5.66 Å². The summed E-state index contributed by atoms with van der Waals surface area (Å²) in [5, 5.41) is 10.3. The van der Waals surface area contributed by atoms with Gasteiger partial charge in [-0.05, 0) is 5.56 Å². The van der Waals surface area contributed by atoms with Crippen molar-refractivity contribution in [2.24, 2.45) is 16.1 Å². The molecule has 1 aliphatic rings. The molecule has 0 fully saturated rings. The number of hydrogen-bond donors (Lipinski definition) is 1. The molecule has 0 saturated heterocycles. The number of rotatable bonds is 6. The summed E-state index contributed by atoms with van der Waals surface area (Å²) in [5.74, 6) is -2.35. The largest absolute Gasteiger partial charge is 0.469 e. The zero-order valence-corrected chi connectivity index (χ0v) is 13.5. The Kier molecular flexibility index (Phi) is 5.62. The Hall–Kier alpha value is -2.77. The Morgan fingerprint density at radius 3 is 2.54 bits per heavy atom. The zero-order chi connectivity index (χ0) is 17.6. The zero-order valence-electron chi connectivity index (χ0n) is 13.5. The van der Waals surface area contributed by atoms with E-state index in [0.717, 1.165) is 5.56 Å². The number of methoxy groups -OCH3 is 2. The van der Waals surface area contributed by atoms with Gasteiger partial charge in [-0.3, -0.25) is 9.59 Å². The van der Waals surface area contributed by atoms with Crippen LogP contribution in [0.1, 0.15) is 12.0 Å². The van der Waals surface area contributed by atoms with Gasteiger partial charge < -0.3 is 14.8 Å². The molecule has 0 unspecified atom stereocenters. The third-order valence-electron chi connectivity index (χ3n) is 3.80. The highest BCUT2D eigenvalue weighted by Gasteiger charge is 2.52. The Bertz CT molecular complexity index is 646. The molecule has 1 N–H and O–H groups in total. The SMILES string of the molecule is COC(=O)C[C@@H]1CN=N[C@]1(NC(=O)Cc1ccccc1)C(=O)OC. The fourth-order valence-corrected chi connectivity index (χ4v) is 2.54. The quantitative estimate of drug-likeness (QED) is 0.777. The lowest BCUT2D eigenvalue weighted by Crippen LogP contribution is -2.58. The average Bonchev–Trinajstić information content (AvgIpc) is 2.98. The van der Waals surface area contributed by atoms with Crippen molar-refractivity contribution in [3.05, 3.63) is 35.9 Å². The molecule has 0 aromatic heterocycles. The first-order valence-corrected chi connectivity index (χ1v) is 7.40. The maximum Gasteiger partial charge on any atom is 0.356 e. The van der Waals surface area contributed by atoms with Crippen molar-refractivity contribution in [3.63, 3.8) is 0 Å². The molecular weight excluding hydrogens is 314 g/mol. The molecular formula is C16H19N3O5. The summed E-state index contributed by atoms with van der Waals surface area (Å²) in [6.07, 6.45) is -0.0374. The Morgan fingerprint density at radius 1 is 1.21 bits per heavy atom. The summed E-state index contributed by atoms with van der Waals surface area (Å²) in [4.78, 5) is 36.2. The van der Waals surface area contributed by atoms with Gasteiger partial charge in [0.05, 0.1) is 33.6 Å². The number of ether oxygens (including phenoxy) is 2. The number of carbonyl (C=O) groups is 3. The van der Waals surface area contributed by atoms with E-state index >= 15 is 0 Å². The molecule has 0 saturated carbocycles. The van der Waals surface area contributed by atoms with Crippen LogP contribution in [0.4, 0.5) is 0 Å². The van der Waals surface area contributed by atoms with Gasteiger partial charge in [0.2, 0.25) is 5.91 Å². The number of nitrogens with zero attached hydrogens (tertiary/aromatic N) is 2. The predicted molar refractivity (Wildman–Crippen MR) is 82.9 cm³/mol. The molecule has 1 amide bonds. The lowest BCUT2D eigenvalue weighted by atomic mass is 9.90. The number of carbonyl (C=O) groups excluding carboxylic acids is 3. The predicted octanol–water partition coefficient (Wildman–Crippen LogP) is 0.860. The first-order chi connectivity index (χ1) is 11.5. The minimum atomic E-state index is -1.70. The van der Waals surface area contributed by atoms with Gasteiger partial charge in [-0.1, -0.05) is 30.3 Å². The number of amides is 1. The standard InChI is InChI=1S/C16H19N3O5/c1-23-14(21)9-12-10-17-19-16(12,15(22)24-2)18-13(20)8-11-6-4-3-5-7-11/h3-7,12H,8-10H2,1-2H3,(H,18,20)/t12-,16+/m1/s1. The normalized spacial score (nSPS) is 22.0. The molecule has 0 radical (unpaired) electrons. The Balaban J connectivity index is 2.18. The van der Waals surface area contributed by atoms with Gasteiger partial charge in [0.1, 0.15) is 0 Å². The molecule has 1 heterocycles. The number of hydrogen-bond acceptors (Lipinski definition) is 7. The number of azo groups is 1. The molecule has 24 heavy (non-hydrogen) atoms. The minimum Gasteiger partial charge on any atom is -0.469 e. The summed E-state index contributed by atoms with van der Waals surface area (Å²) in [7, 11) is 2.44. The van der Waals surface area contributed by atoms with Crippen molar-refractivity contribution >= 4 is 17.8 Å². The highest BCUT2D eigenvalue weighted by atomic mass is 16.5. The topological polar surface area (TPSA) is 106 Å². The second-order valence-corrected chi connectivity index (χ2v) is 5.37. The lowest BCUT2D eigenvalue weighted by molar-refractivity contribution is -0.154. The van der Waals surface area contributed by atoms with E-state index in [4.69, 9.17) is 4.74 Å². The monoisotopic (exact) mass is 333 g/mol. The van der Waals surface area contributed by atoms with E-state index in [9.17, 15) is 14.4 Å². The van der Waals surface area contributed by atoms with Gasteiger partial charge >= 0.3 is 11.9 Å². The fourth-order valence-electron chi connectivity index (χ4n) is 2.54. The van der Waals surface area contributed by atoms with Crippen molar-refractivity contribution in [2.45, 2.75) is 18.5 Å². The maximum absolute atomic E-state index is 12.4. The van der Waals surface area contributed by atoms with E-state index in [0.29, 0.717) is 0 Å². The van der Waals surface area contributed by atoms with Crippen LogP contribution in [-0.2, 0) is 30.3 Å². The summed E-state index contributed by atoms with van der Waals surface area (Å²) in [6, 6.07) is 9.07. The highest BCUT2D eigenvalue weighted by Crippen LogP contribution is 2.31. The summed E-state index contributed by atoms with van der Waals surface area (Å²) in [6.45, 7) is 0.121. The van der Waals surface area contributed by atoms with Crippen LogP contribution in [0.3, 0.4) is 0 Å². The molecule has 0 spiro atoms. The molecule has 1 aromatic rings. The number of benzene rings is 1. The van der Waals surface area contributed by atoms with Crippen molar-refractivity contribution in [3.8, 4) is 0 Å². The molecule has 8 heteroatoms. The molecule has 8 nitrogen and oxygen atoms in total. The van der Waals surface area contributed by atoms with E-state index in [1.54, 1.807) is 12.1 Å². The fraction of sp³-hybridized carbons (Fsp3) is 0.438. The molecule has 2 rings (SSSR count). The molecule has 2 atom stereocenters. The first-order valence-electron chi connectivity index (χ1n) is 7.40. The molecule has 1 aromatic carbocycles. The summed E-state index contributed by atoms with van der Waals surface area (Å²) >= 11 is 0. The number of nitrogens with one attached hydrogen (secondary N) is 1. The van der Waals surface area contributed by atoms with Crippen LogP contribution < -0.4 is 5.32 Å². The van der Waals surface area contributed by atoms with Gasteiger partial charge in [0, 0.05) is 5.92 Å². The third-order valence-corrected chi connectivity index (χ3v) is 3.80. The Labute approximate surface area is 139 Å². The van der Waals surface area contributed by atoms with Crippen LogP contribution in [0.25, 0.3) is 0 Å². The van der Waals surface area contributed by atoms with Gasteiger partial charge in [-0.15, -0.1) is 0 Å². The smallest absolute Gasteiger partial charge is 0.356 e.